The third kappa shape index (κ3) is 5.19. The van der Waals surface area contributed by atoms with Gasteiger partial charge in [-0.1, -0.05) is 103 Å². The van der Waals surface area contributed by atoms with Crippen LogP contribution in [0.1, 0.15) is 28.3 Å². The number of nitrogens with one attached hydrogen (secondary N) is 1. The molecule has 1 N–H and O–H groups in total. The molecule has 4 aromatic rings. The van der Waals surface area contributed by atoms with E-state index in [1.807, 2.05) is 90.8 Å². The van der Waals surface area contributed by atoms with Crippen LogP contribution in [0.15, 0.2) is 114 Å². The van der Waals surface area contributed by atoms with E-state index in [0.717, 1.165) is 27.9 Å². The molecule has 38 heavy (non-hydrogen) atoms. The standard InChI is InChI=1S/C31H27ClN4OS/c1-35-26-19-18-24(32)20-25(26)27(21-12-6-3-7-13-21)33-29(30(35)37)34-31(38)36(2)28(22-14-8-4-9-15-22)23-16-10-5-11-17-23/h3-20,28-29H,1-2H3,(H,34,38). The lowest BCUT2D eigenvalue weighted by Gasteiger charge is -2.32. The molecule has 1 aliphatic rings. The Labute approximate surface area is 233 Å². The average molecular weight is 539 g/mol. The number of carbonyl (C=O) groups excluding carboxylic acids is 1. The summed E-state index contributed by atoms with van der Waals surface area (Å²) < 4.78 is 0. The molecular weight excluding hydrogens is 512 g/mol. The fourth-order valence-corrected chi connectivity index (χ4v) is 5.10. The van der Waals surface area contributed by atoms with E-state index in [1.54, 1.807) is 18.0 Å². The maximum Gasteiger partial charge on any atom is 0.272 e. The van der Waals surface area contributed by atoms with E-state index in [9.17, 15) is 4.79 Å². The van der Waals surface area contributed by atoms with Crippen LogP contribution in [0.25, 0.3) is 0 Å². The third-order valence-corrected chi connectivity index (χ3v) is 7.28. The van der Waals surface area contributed by atoms with Gasteiger partial charge in [0.25, 0.3) is 5.91 Å². The highest BCUT2D eigenvalue weighted by Crippen LogP contribution is 2.31. The van der Waals surface area contributed by atoms with Gasteiger partial charge in [0, 0.05) is 30.2 Å². The second kappa shape index (κ2) is 11.2. The van der Waals surface area contributed by atoms with Gasteiger partial charge < -0.3 is 15.1 Å². The average Bonchev–Trinajstić information content (AvgIpc) is 3.05. The second-order valence-electron chi connectivity index (χ2n) is 9.09. The number of thiocarbonyl (C=S) groups is 1. The van der Waals surface area contributed by atoms with Crippen LogP contribution < -0.4 is 10.2 Å². The van der Waals surface area contributed by atoms with E-state index in [-0.39, 0.29) is 11.9 Å². The Morgan fingerprint density at radius 2 is 1.47 bits per heavy atom. The first-order chi connectivity index (χ1) is 18.4. The van der Waals surface area contributed by atoms with Crippen molar-refractivity contribution in [2.24, 2.45) is 4.99 Å². The van der Waals surface area contributed by atoms with Crippen molar-refractivity contribution in [2.75, 3.05) is 19.0 Å². The number of benzodiazepines with no additional fused rings is 1. The van der Waals surface area contributed by atoms with Crippen molar-refractivity contribution >= 4 is 46.2 Å². The van der Waals surface area contributed by atoms with E-state index in [2.05, 4.69) is 29.6 Å². The lowest BCUT2D eigenvalue weighted by Crippen LogP contribution is -2.50. The van der Waals surface area contributed by atoms with Gasteiger partial charge in [0.1, 0.15) is 0 Å². The van der Waals surface area contributed by atoms with E-state index in [0.29, 0.717) is 15.8 Å². The molecule has 7 heteroatoms. The normalized spacial score (nSPS) is 14.9. The van der Waals surface area contributed by atoms with Crippen LogP contribution in [-0.4, -0.2) is 41.9 Å². The number of carbonyl (C=O) groups is 1. The summed E-state index contributed by atoms with van der Waals surface area (Å²) in [5.41, 5.74) is 5.25. The Hall–Kier alpha value is -4.00. The quantitative estimate of drug-likeness (QED) is 0.313. The molecule has 5 rings (SSSR count). The van der Waals surface area contributed by atoms with Crippen molar-refractivity contribution in [3.8, 4) is 0 Å². The van der Waals surface area contributed by atoms with Gasteiger partial charge in [-0.3, -0.25) is 4.79 Å². The van der Waals surface area contributed by atoms with Crippen LogP contribution in [0.2, 0.25) is 5.02 Å². The first-order valence-electron chi connectivity index (χ1n) is 12.3. The fourth-order valence-electron chi connectivity index (χ4n) is 4.71. The zero-order chi connectivity index (χ0) is 26.6. The van der Waals surface area contributed by atoms with Crippen molar-refractivity contribution in [3.05, 3.63) is 136 Å². The van der Waals surface area contributed by atoms with E-state index in [1.165, 1.54) is 0 Å². The number of rotatable bonds is 5. The molecule has 1 unspecified atom stereocenters. The minimum atomic E-state index is -0.927. The smallest absolute Gasteiger partial charge is 0.272 e. The van der Waals surface area contributed by atoms with E-state index >= 15 is 0 Å². The summed E-state index contributed by atoms with van der Waals surface area (Å²) in [5, 5.41) is 4.24. The lowest BCUT2D eigenvalue weighted by atomic mass is 9.98. The molecule has 0 aromatic heterocycles. The summed E-state index contributed by atoms with van der Waals surface area (Å²) in [6.07, 6.45) is -0.927. The largest absolute Gasteiger partial charge is 0.341 e. The molecule has 0 fully saturated rings. The van der Waals surface area contributed by atoms with E-state index < -0.39 is 6.17 Å². The minimum Gasteiger partial charge on any atom is -0.341 e. The predicted octanol–water partition coefficient (Wildman–Crippen LogP) is 6.08. The minimum absolute atomic E-state index is 0.149. The van der Waals surface area contributed by atoms with Crippen molar-refractivity contribution in [2.45, 2.75) is 12.2 Å². The Balaban J connectivity index is 1.53. The summed E-state index contributed by atoms with van der Waals surface area (Å²) in [4.78, 5) is 22.2. The molecule has 0 aliphatic carbocycles. The Bertz CT molecular complexity index is 1440. The fraction of sp³-hybridized carbons (Fsp3) is 0.129. The number of anilines is 1. The van der Waals surface area contributed by atoms with Crippen molar-refractivity contribution in [1.82, 2.24) is 10.2 Å². The SMILES string of the molecule is CN1C(=O)C(NC(=S)N(C)C(c2ccccc2)c2ccccc2)N=C(c2ccccc2)c2cc(Cl)ccc21. The van der Waals surface area contributed by atoms with Crippen molar-refractivity contribution in [1.29, 1.82) is 0 Å². The van der Waals surface area contributed by atoms with Gasteiger partial charge in [-0.25, -0.2) is 4.99 Å². The lowest BCUT2D eigenvalue weighted by molar-refractivity contribution is -0.119. The van der Waals surface area contributed by atoms with Crippen LogP contribution in [-0.2, 0) is 4.79 Å². The van der Waals surface area contributed by atoms with Crippen LogP contribution in [0.3, 0.4) is 0 Å². The first-order valence-corrected chi connectivity index (χ1v) is 13.1. The van der Waals surface area contributed by atoms with Gasteiger partial charge in [-0.15, -0.1) is 0 Å². The molecule has 4 aromatic carbocycles. The number of hydrogen-bond donors (Lipinski definition) is 1. The van der Waals surface area contributed by atoms with Gasteiger partial charge in [-0.2, -0.15) is 0 Å². The van der Waals surface area contributed by atoms with Gasteiger partial charge >= 0.3 is 0 Å². The molecule has 0 radical (unpaired) electrons. The monoisotopic (exact) mass is 538 g/mol. The van der Waals surface area contributed by atoms with Crippen molar-refractivity contribution in [3.63, 3.8) is 0 Å². The molecule has 1 atom stereocenters. The number of aliphatic imine (C=N–C) groups is 1. The number of halogens is 1. The zero-order valence-electron chi connectivity index (χ0n) is 21.1. The second-order valence-corrected chi connectivity index (χ2v) is 9.91. The number of amides is 1. The predicted molar refractivity (Wildman–Crippen MR) is 159 cm³/mol. The van der Waals surface area contributed by atoms with E-state index in [4.69, 9.17) is 28.8 Å². The molecule has 0 spiro atoms. The van der Waals surface area contributed by atoms with Crippen LogP contribution in [0, 0.1) is 0 Å². The molecule has 0 saturated carbocycles. The topological polar surface area (TPSA) is 47.9 Å². The van der Waals surface area contributed by atoms with Crippen molar-refractivity contribution < 1.29 is 4.79 Å². The van der Waals surface area contributed by atoms with Crippen LogP contribution in [0.5, 0.6) is 0 Å². The molecule has 1 heterocycles. The summed E-state index contributed by atoms with van der Waals surface area (Å²) >= 11 is 12.3. The molecule has 1 amide bonds. The molecule has 1 aliphatic heterocycles. The highest BCUT2D eigenvalue weighted by Gasteiger charge is 2.32. The summed E-state index contributed by atoms with van der Waals surface area (Å²) in [5.74, 6) is -0.216. The molecule has 190 valence electrons. The molecule has 0 saturated heterocycles. The maximum absolute atomic E-state index is 13.7. The highest BCUT2D eigenvalue weighted by atomic mass is 35.5. The summed E-state index contributed by atoms with van der Waals surface area (Å²) in [6, 6.07) is 35.5. The van der Waals surface area contributed by atoms with Crippen LogP contribution in [0.4, 0.5) is 5.69 Å². The molecular formula is C31H27ClN4OS. The van der Waals surface area contributed by atoms with Gasteiger partial charge in [0.05, 0.1) is 17.4 Å². The summed E-state index contributed by atoms with van der Waals surface area (Å²) in [7, 11) is 3.68. The zero-order valence-corrected chi connectivity index (χ0v) is 22.7. The number of fused-ring (bicyclic) bond motifs is 1. The third-order valence-electron chi connectivity index (χ3n) is 6.64. The molecule has 5 nitrogen and oxygen atoms in total. The highest BCUT2D eigenvalue weighted by molar-refractivity contribution is 7.80. The maximum atomic E-state index is 13.7. The van der Waals surface area contributed by atoms with Gasteiger partial charge in [0.2, 0.25) is 6.17 Å². The van der Waals surface area contributed by atoms with Gasteiger partial charge in [0.15, 0.2) is 5.11 Å². The first kappa shape index (κ1) is 25.6. The summed E-state index contributed by atoms with van der Waals surface area (Å²) in [6.45, 7) is 0. The number of hydrogen-bond acceptors (Lipinski definition) is 3. The Morgan fingerprint density at radius 1 is 0.921 bits per heavy atom. The number of likely N-dealkylation sites (N-methyl/N-ethyl adjacent to an activating group) is 1. The molecule has 0 bridgehead atoms. The Morgan fingerprint density at radius 3 is 2.05 bits per heavy atom. The number of nitrogens with zero attached hydrogens (tertiary/aromatic N) is 3. The Kier molecular flexibility index (Phi) is 7.54. The van der Waals surface area contributed by atoms with Gasteiger partial charge in [-0.05, 0) is 41.5 Å². The number of benzene rings is 4. The van der Waals surface area contributed by atoms with Crippen LogP contribution >= 0.6 is 23.8 Å².